The van der Waals surface area contributed by atoms with Crippen molar-refractivity contribution < 1.29 is 4.39 Å². The Bertz CT molecular complexity index is 901. The second-order valence-electron chi connectivity index (χ2n) is 8.63. The van der Waals surface area contributed by atoms with Gasteiger partial charge in [0.15, 0.2) is 11.1 Å². The molecule has 0 saturated heterocycles. The van der Waals surface area contributed by atoms with Crippen LogP contribution in [0.3, 0.4) is 0 Å². The van der Waals surface area contributed by atoms with Crippen molar-refractivity contribution in [3.8, 4) is 0 Å². The van der Waals surface area contributed by atoms with Crippen LogP contribution in [0.25, 0.3) is 0 Å². The van der Waals surface area contributed by atoms with E-state index >= 15 is 0 Å². The van der Waals surface area contributed by atoms with Crippen LogP contribution in [-0.2, 0) is 11.8 Å². The van der Waals surface area contributed by atoms with Gasteiger partial charge in [0, 0.05) is 38.0 Å². The van der Waals surface area contributed by atoms with E-state index in [9.17, 15) is 4.39 Å². The van der Waals surface area contributed by atoms with Crippen LogP contribution in [-0.4, -0.2) is 47.1 Å². The molecule has 0 atom stereocenters. The van der Waals surface area contributed by atoms with E-state index in [1.54, 1.807) is 30.9 Å². The van der Waals surface area contributed by atoms with Crippen LogP contribution in [0.4, 0.5) is 4.39 Å². The monoisotopic (exact) mass is 444 g/mol. The standard InChI is InChI=1S/C23H33FN6S/c1-25-21(27-16-23(13-14-23)18-10-5-6-11-19(18)24)26-15-7-12-20-28-29-22(31-2)30(20)17-8-3-4-9-17/h5-6,10-11,17H,3-4,7-9,12-16H2,1-2H3,(H2,25,26,27). The van der Waals surface area contributed by atoms with Crippen molar-refractivity contribution in [2.75, 3.05) is 26.4 Å². The van der Waals surface area contributed by atoms with Gasteiger partial charge in [-0.3, -0.25) is 4.99 Å². The number of guanidine groups is 1. The first-order valence-corrected chi connectivity index (χ1v) is 12.6. The summed E-state index contributed by atoms with van der Waals surface area (Å²) in [6.45, 7) is 1.50. The van der Waals surface area contributed by atoms with Crippen LogP contribution in [0.1, 0.15) is 62.4 Å². The maximum Gasteiger partial charge on any atom is 0.191 e. The van der Waals surface area contributed by atoms with Crippen molar-refractivity contribution in [2.45, 2.75) is 68.0 Å². The third kappa shape index (κ3) is 5.05. The quantitative estimate of drug-likeness (QED) is 0.264. The maximum atomic E-state index is 14.2. The number of aryl methyl sites for hydroxylation is 1. The molecule has 2 aromatic rings. The van der Waals surface area contributed by atoms with Gasteiger partial charge in [0.2, 0.25) is 0 Å². The van der Waals surface area contributed by atoms with Crippen LogP contribution in [0.5, 0.6) is 0 Å². The third-order valence-corrected chi connectivity index (χ3v) is 7.24. The largest absolute Gasteiger partial charge is 0.356 e. The molecule has 31 heavy (non-hydrogen) atoms. The van der Waals surface area contributed by atoms with E-state index in [4.69, 9.17) is 0 Å². The molecule has 0 bridgehead atoms. The number of rotatable bonds is 9. The highest BCUT2D eigenvalue weighted by molar-refractivity contribution is 7.98. The zero-order valence-electron chi connectivity index (χ0n) is 18.5. The average Bonchev–Trinajstić information content (AvgIpc) is 3.19. The predicted molar refractivity (Wildman–Crippen MR) is 124 cm³/mol. The van der Waals surface area contributed by atoms with Crippen LogP contribution < -0.4 is 10.6 Å². The number of aliphatic imine (C=N–C) groups is 1. The van der Waals surface area contributed by atoms with Crippen molar-refractivity contribution in [3.63, 3.8) is 0 Å². The molecule has 0 aliphatic heterocycles. The molecule has 2 saturated carbocycles. The maximum absolute atomic E-state index is 14.2. The van der Waals surface area contributed by atoms with Crippen LogP contribution in [0, 0.1) is 5.82 Å². The van der Waals surface area contributed by atoms with E-state index in [1.807, 2.05) is 12.1 Å². The summed E-state index contributed by atoms with van der Waals surface area (Å²) in [5.41, 5.74) is 0.711. The number of halogens is 1. The number of benzene rings is 1. The molecule has 0 unspecified atom stereocenters. The predicted octanol–water partition coefficient (Wildman–Crippen LogP) is 4.08. The number of nitrogens with zero attached hydrogens (tertiary/aromatic N) is 4. The zero-order chi connectivity index (χ0) is 21.7. The van der Waals surface area contributed by atoms with Gasteiger partial charge >= 0.3 is 0 Å². The molecule has 4 rings (SSSR count). The van der Waals surface area contributed by atoms with Gasteiger partial charge in [-0.1, -0.05) is 42.8 Å². The first-order chi connectivity index (χ1) is 15.2. The molecule has 0 amide bonds. The lowest BCUT2D eigenvalue weighted by Crippen LogP contribution is -2.41. The summed E-state index contributed by atoms with van der Waals surface area (Å²) in [4.78, 5) is 4.34. The summed E-state index contributed by atoms with van der Waals surface area (Å²) in [5, 5.41) is 16.7. The lowest BCUT2D eigenvalue weighted by Gasteiger charge is -2.20. The lowest BCUT2D eigenvalue weighted by atomic mass is 9.95. The number of hydrogen-bond acceptors (Lipinski definition) is 4. The SMILES string of the molecule is CN=C(NCCCc1nnc(SC)n1C1CCCC1)NCC1(c2ccccc2F)CC1. The number of aromatic nitrogens is 3. The van der Waals surface area contributed by atoms with Gasteiger partial charge in [-0.15, -0.1) is 10.2 Å². The number of thioether (sulfide) groups is 1. The van der Waals surface area contributed by atoms with Crippen LogP contribution in [0.15, 0.2) is 34.4 Å². The minimum Gasteiger partial charge on any atom is -0.356 e. The molecule has 6 nitrogen and oxygen atoms in total. The summed E-state index contributed by atoms with van der Waals surface area (Å²) < 4.78 is 16.6. The van der Waals surface area contributed by atoms with E-state index < -0.39 is 0 Å². The molecule has 1 aromatic heterocycles. The van der Waals surface area contributed by atoms with Gasteiger partial charge in [-0.25, -0.2) is 4.39 Å². The molecule has 0 spiro atoms. The van der Waals surface area contributed by atoms with E-state index in [1.165, 1.54) is 25.7 Å². The van der Waals surface area contributed by atoms with Gasteiger partial charge < -0.3 is 15.2 Å². The van der Waals surface area contributed by atoms with Gasteiger partial charge in [0.25, 0.3) is 0 Å². The first kappa shape index (κ1) is 22.1. The normalized spacial score (nSPS) is 18.4. The molecule has 1 heterocycles. The molecular weight excluding hydrogens is 411 g/mol. The Labute approximate surface area is 188 Å². The minimum absolute atomic E-state index is 0.102. The lowest BCUT2D eigenvalue weighted by molar-refractivity contribution is 0.460. The van der Waals surface area contributed by atoms with E-state index in [-0.39, 0.29) is 11.2 Å². The van der Waals surface area contributed by atoms with E-state index in [0.717, 1.165) is 54.7 Å². The fraction of sp³-hybridized carbons (Fsp3) is 0.609. The van der Waals surface area contributed by atoms with Crippen molar-refractivity contribution in [3.05, 3.63) is 41.5 Å². The van der Waals surface area contributed by atoms with Crippen LogP contribution >= 0.6 is 11.8 Å². The summed E-state index contributed by atoms with van der Waals surface area (Å²) in [7, 11) is 1.78. The average molecular weight is 445 g/mol. The van der Waals surface area contributed by atoms with Gasteiger partial charge in [-0.05, 0) is 50.0 Å². The van der Waals surface area contributed by atoms with Crippen molar-refractivity contribution in [1.29, 1.82) is 0 Å². The summed E-state index contributed by atoms with van der Waals surface area (Å²) in [5.74, 6) is 1.75. The molecule has 2 aliphatic carbocycles. The van der Waals surface area contributed by atoms with Crippen molar-refractivity contribution in [1.82, 2.24) is 25.4 Å². The Kier molecular flexibility index (Phi) is 7.15. The molecule has 8 heteroatoms. The topological polar surface area (TPSA) is 67.1 Å². The van der Waals surface area contributed by atoms with Gasteiger partial charge in [-0.2, -0.15) is 0 Å². The van der Waals surface area contributed by atoms with Crippen LogP contribution in [0.2, 0.25) is 0 Å². The fourth-order valence-electron chi connectivity index (χ4n) is 4.66. The Morgan fingerprint density at radius 2 is 2.00 bits per heavy atom. The zero-order valence-corrected chi connectivity index (χ0v) is 19.3. The highest BCUT2D eigenvalue weighted by Gasteiger charge is 2.45. The first-order valence-electron chi connectivity index (χ1n) is 11.3. The molecule has 1 aromatic carbocycles. The molecular formula is C23H33FN6S. The highest BCUT2D eigenvalue weighted by atomic mass is 32.2. The van der Waals surface area contributed by atoms with E-state index in [2.05, 4.69) is 36.6 Å². The number of nitrogens with one attached hydrogen (secondary N) is 2. The minimum atomic E-state index is -0.110. The highest BCUT2D eigenvalue weighted by Crippen LogP contribution is 2.48. The molecule has 2 fully saturated rings. The number of hydrogen-bond donors (Lipinski definition) is 2. The Balaban J connectivity index is 1.26. The fourth-order valence-corrected chi connectivity index (χ4v) is 5.23. The Morgan fingerprint density at radius 1 is 1.23 bits per heavy atom. The summed E-state index contributed by atoms with van der Waals surface area (Å²) >= 11 is 1.68. The Hall–Kier alpha value is -2.09. The second kappa shape index (κ2) is 10.0. The van der Waals surface area contributed by atoms with Gasteiger partial charge in [0.05, 0.1) is 0 Å². The second-order valence-corrected chi connectivity index (χ2v) is 9.40. The molecule has 0 radical (unpaired) electrons. The summed E-state index contributed by atoms with van der Waals surface area (Å²) in [6.07, 6.45) is 11.0. The van der Waals surface area contributed by atoms with Crippen molar-refractivity contribution in [2.24, 2.45) is 4.99 Å². The molecule has 2 aliphatic rings. The van der Waals surface area contributed by atoms with Crippen molar-refractivity contribution >= 4 is 17.7 Å². The smallest absolute Gasteiger partial charge is 0.191 e. The Morgan fingerprint density at radius 3 is 2.68 bits per heavy atom. The third-order valence-electron chi connectivity index (χ3n) is 6.59. The van der Waals surface area contributed by atoms with Gasteiger partial charge in [0.1, 0.15) is 11.6 Å². The molecule has 2 N–H and O–H groups in total. The summed E-state index contributed by atoms with van der Waals surface area (Å²) in [6, 6.07) is 7.68. The van der Waals surface area contributed by atoms with E-state index in [0.29, 0.717) is 12.6 Å². The molecule has 168 valence electrons.